The molecule has 0 aliphatic carbocycles. The molecule has 5 heteroatoms. The smallest absolute Gasteiger partial charge is 0.153 e. The monoisotopic (exact) mass is 259 g/mol. The van der Waals surface area contributed by atoms with Crippen molar-refractivity contribution in [3.05, 3.63) is 30.1 Å². The first-order chi connectivity index (χ1) is 9.31. The minimum atomic E-state index is 0.792. The summed E-state index contributed by atoms with van der Waals surface area (Å²) in [6.45, 7) is 5.13. The van der Waals surface area contributed by atoms with E-state index in [1.165, 1.54) is 25.7 Å². The van der Waals surface area contributed by atoms with Gasteiger partial charge < -0.3 is 5.32 Å². The van der Waals surface area contributed by atoms with Crippen molar-refractivity contribution in [1.29, 1.82) is 0 Å². The van der Waals surface area contributed by atoms with Crippen LogP contribution < -0.4 is 5.32 Å². The van der Waals surface area contributed by atoms with Crippen molar-refractivity contribution in [1.82, 2.24) is 20.2 Å². The van der Waals surface area contributed by atoms with E-state index in [1.807, 2.05) is 19.1 Å². The third-order valence-electron chi connectivity index (χ3n) is 3.08. The molecule has 1 aromatic carbocycles. The van der Waals surface area contributed by atoms with E-state index in [2.05, 4.69) is 39.9 Å². The molecule has 2 rings (SSSR count). The van der Waals surface area contributed by atoms with Gasteiger partial charge in [0, 0.05) is 12.2 Å². The molecule has 1 aromatic heterocycles. The van der Waals surface area contributed by atoms with Crippen LogP contribution in [-0.4, -0.2) is 26.8 Å². The lowest BCUT2D eigenvalue weighted by atomic mass is 10.2. The van der Waals surface area contributed by atoms with E-state index in [0.717, 1.165) is 23.7 Å². The lowest BCUT2D eigenvalue weighted by Crippen LogP contribution is -2.04. The van der Waals surface area contributed by atoms with Gasteiger partial charge in [0.25, 0.3) is 0 Å². The maximum absolute atomic E-state index is 3.98. The summed E-state index contributed by atoms with van der Waals surface area (Å²) in [6.07, 6.45) is 5.08. The molecule has 0 radical (unpaired) electrons. The normalized spacial score (nSPS) is 10.6. The Hall–Kier alpha value is -1.91. The molecule has 19 heavy (non-hydrogen) atoms. The van der Waals surface area contributed by atoms with Crippen LogP contribution in [0.1, 0.15) is 38.4 Å². The fourth-order valence-electron chi connectivity index (χ4n) is 2.00. The van der Waals surface area contributed by atoms with Crippen molar-refractivity contribution in [2.45, 2.75) is 39.5 Å². The molecule has 5 nitrogen and oxygen atoms in total. The van der Waals surface area contributed by atoms with Crippen LogP contribution >= 0.6 is 0 Å². The Balaban J connectivity index is 1.94. The maximum atomic E-state index is 3.98. The molecule has 102 valence electrons. The van der Waals surface area contributed by atoms with Gasteiger partial charge in [-0.15, -0.1) is 5.10 Å². The summed E-state index contributed by atoms with van der Waals surface area (Å²) < 4.78 is 1.74. The van der Waals surface area contributed by atoms with E-state index in [-0.39, 0.29) is 0 Å². The summed E-state index contributed by atoms with van der Waals surface area (Å²) in [7, 11) is 0. The molecule has 0 fully saturated rings. The number of tetrazole rings is 1. The number of anilines is 1. The van der Waals surface area contributed by atoms with Gasteiger partial charge in [-0.05, 0) is 42.0 Å². The number of rotatable bonds is 7. The van der Waals surface area contributed by atoms with Gasteiger partial charge in [0.05, 0.1) is 5.69 Å². The fourth-order valence-corrected chi connectivity index (χ4v) is 2.00. The number of hydrogen-bond acceptors (Lipinski definition) is 4. The van der Waals surface area contributed by atoms with Crippen LogP contribution in [0.15, 0.2) is 24.3 Å². The van der Waals surface area contributed by atoms with Gasteiger partial charge in [-0.25, -0.2) is 0 Å². The van der Waals surface area contributed by atoms with Crippen molar-refractivity contribution in [2.75, 3.05) is 11.9 Å². The molecule has 0 aliphatic rings. The topological polar surface area (TPSA) is 55.6 Å². The van der Waals surface area contributed by atoms with Gasteiger partial charge in [0.15, 0.2) is 5.82 Å². The zero-order chi connectivity index (χ0) is 13.5. The Morgan fingerprint density at radius 3 is 2.84 bits per heavy atom. The van der Waals surface area contributed by atoms with Crippen LogP contribution in [-0.2, 0) is 0 Å². The Kier molecular flexibility index (Phi) is 4.89. The zero-order valence-electron chi connectivity index (χ0n) is 11.6. The molecule has 0 saturated heterocycles. The number of unbranched alkanes of at least 4 members (excludes halogenated alkanes) is 3. The standard InChI is InChI=1S/C14H21N5/c1-3-4-5-6-10-15-13-8-7-9-14(11-13)19-12(2)16-17-18-19/h7-9,11,15H,3-6,10H2,1-2H3. The molecule has 0 unspecified atom stereocenters. The number of hydrogen-bond donors (Lipinski definition) is 1. The summed E-state index contributed by atoms with van der Waals surface area (Å²) in [5, 5.41) is 15.0. The minimum Gasteiger partial charge on any atom is -0.385 e. The largest absolute Gasteiger partial charge is 0.385 e. The first-order valence-electron chi connectivity index (χ1n) is 6.90. The zero-order valence-corrected chi connectivity index (χ0v) is 11.6. The van der Waals surface area contributed by atoms with Gasteiger partial charge in [-0.2, -0.15) is 4.68 Å². The average molecular weight is 259 g/mol. The molecular formula is C14H21N5. The molecular weight excluding hydrogens is 238 g/mol. The van der Waals surface area contributed by atoms with Crippen LogP contribution in [0.2, 0.25) is 0 Å². The molecule has 1 heterocycles. The molecule has 0 aliphatic heterocycles. The molecule has 0 atom stereocenters. The van der Waals surface area contributed by atoms with E-state index in [1.54, 1.807) is 4.68 Å². The second kappa shape index (κ2) is 6.87. The summed E-state index contributed by atoms with van der Waals surface area (Å²) in [5.41, 5.74) is 2.10. The van der Waals surface area contributed by atoms with E-state index in [9.17, 15) is 0 Å². The fraction of sp³-hybridized carbons (Fsp3) is 0.500. The SMILES string of the molecule is CCCCCCNc1cccc(-n2nnnc2C)c1. The first kappa shape index (κ1) is 13.5. The molecule has 0 bridgehead atoms. The number of nitrogens with one attached hydrogen (secondary N) is 1. The average Bonchev–Trinajstić information content (AvgIpc) is 2.85. The second-order valence-electron chi connectivity index (χ2n) is 4.68. The van der Waals surface area contributed by atoms with E-state index in [0.29, 0.717) is 0 Å². The van der Waals surface area contributed by atoms with Crippen LogP contribution in [0.3, 0.4) is 0 Å². The summed E-state index contributed by atoms with van der Waals surface area (Å²) in [5.74, 6) is 0.792. The molecule has 0 amide bonds. The lowest BCUT2D eigenvalue weighted by molar-refractivity contribution is 0.685. The highest BCUT2D eigenvalue weighted by Gasteiger charge is 2.03. The highest BCUT2D eigenvalue weighted by atomic mass is 15.5. The Labute approximate surface area is 114 Å². The number of nitrogens with zero attached hydrogens (tertiary/aromatic N) is 4. The first-order valence-corrected chi connectivity index (χ1v) is 6.90. The van der Waals surface area contributed by atoms with E-state index < -0.39 is 0 Å². The highest BCUT2D eigenvalue weighted by molar-refractivity contribution is 5.50. The minimum absolute atomic E-state index is 0.792. The summed E-state index contributed by atoms with van der Waals surface area (Å²) in [4.78, 5) is 0. The van der Waals surface area contributed by atoms with Crippen molar-refractivity contribution >= 4 is 5.69 Å². The predicted octanol–water partition coefficient (Wildman–Crippen LogP) is 2.96. The molecule has 2 aromatic rings. The van der Waals surface area contributed by atoms with Crippen LogP contribution in [0.5, 0.6) is 0 Å². The Bertz CT molecular complexity index is 506. The van der Waals surface area contributed by atoms with E-state index >= 15 is 0 Å². The van der Waals surface area contributed by atoms with Crippen LogP contribution in [0.4, 0.5) is 5.69 Å². The summed E-state index contributed by atoms with van der Waals surface area (Å²) >= 11 is 0. The third kappa shape index (κ3) is 3.77. The third-order valence-corrected chi connectivity index (χ3v) is 3.08. The van der Waals surface area contributed by atoms with Crippen LogP contribution in [0, 0.1) is 6.92 Å². The van der Waals surface area contributed by atoms with Crippen molar-refractivity contribution in [2.24, 2.45) is 0 Å². The molecule has 0 saturated carbocycles. The van der Waals surface area contributed by atoms with Crippen molar-refractivity contribution in [3.8, 4) is 5.69 Å². The van der Waals surface area contributed by atoms with Gasteiger partial charge >= 0.3 is 0 Å². The Morgan fingerprint density at radius 2 is 2.11 bits per heavy atom. The molecule has 1 N–H and O–H groups in total. The van der Waals surface area contributed by atoms with Crippen LogP contribution in [0.25, 0.3) is 5.69 Å². The maximum Gasteiger partial charge on any atom is 0.153 e. The second-order valence-corrected chi connectivity index (χ2v) is 4.68. The predicted molar refractivity (Wildman–Crippen MR) is 76.5 cm³/mol. The summed E-state index contributed by atoms with van der Waals surface area (Å²) in [6, 6.07) is 8.17. The number of aryl methyl sites for hydroxylation is 1. The highest BCUT2D eigenvalue weighted by Crippen LogP contribution is 2.14. The van der Waals surface area contributed by atoms with E-state index in [4.69, 9.17) is 0 Å². The van der Waals surface area contributed by atoms with Gasteiger partial charge in [-0.1, -0.05) is 32.3 Å². The van der Waals surface area contributed by atoms with Crippen molar-refractivity contribution < 1.29 is 0 Å². The van der Waals surface area contributed by atoms with Gasteiger partial charge in [0.1, 0.15) is 0 Å². The van der Waals surface area contributed by atoms with Gasteiger partial charge in [-0.3, -0.25) is 0 Å². The lowest BCUT2D eigenvalue weighted by Gasteiger charge is -2.08. The number of benzene rings is 1. The molecule has 0 spiro atoms. The van der Waals surface area contributed by atoms with Crippen molar-refractivity contribution in [3.63, 3.8) is 0 Å². The quantitative estimate of drug-likeness (QED) is 0.777. The Morgan fingerprint density at radius 1 is 1.21 bits per heavy atom. The number of aromatic nitrogens is 4. The van der Waals surface area contributed by atoms with Gasteiger partial charge in [0.2, 0.25) is 0 Å².